The lowest BCUT2D eigenvalue weighted by Gasteiger charge is -2.41. The van der Waals surface area contributed by atoms with Crippen molar-refractivity contribution in [3.05, 3.63) is 60.7 Å². The van der Waals surface area contributed by atoms with Crippen molar-refractivity contribution in [1.82, 2.24) is 15.8 Å². The van der Waals surface area contributed by atoms with Crippen molar-refractivity contribution in [2.24, 2.45) is 0 Å². The molecule has 1 unspecified atom stereocenters. The zero-order valence-electron chi connectivity index (χ0n) is 13.6. The van der Waals surface area contributed by atoms with Gasteiger partial charge < -0.3 is 0 Å². The van der Waals surface area contributed by atoms with Crippen LogP contribution in [-0.4, -0.2) is 36.1 Å². The third-order valence-corrected chi connectivity index (χ3v) is 4.41. The van der Waals surface area contributed by atoms with Gasteiger partial charge in [0.25, 0.3) is 5.91 Å². The summed E-state index contributed by atoms with van der Waals surface area (Å²) in [4.78, 5) is 26.8. The maximum atomic E-state index is 12.6. The fourth-order valence-electron chi connectivity index (χ4n) is 3.15. The molecule has 7 nitrogen and oxygen atoms in total. The second-order valence-electron chi connectivity index (χ2n) is 6.13. The summed E-state index contributed by atoms with van der Waals surface area (Å²) in [6.45, 7) is 0.926. The van der Waals surface area contributed by atoms with Crippen LogP contribution in [0.2, 0.25) is 0 Å². The molecule has 2 aromatic carbocycles. The van der Waals surface area contributed by atoms with Crippen LogP contribution in [-0.2, 0) is 9.59 Å². The molecule has 0 aromatic heterocycles. The highest BCUT2D eigenvalue weighted by Crippen LogP contribution is 2.22. The molecule has 2 heterocycles. The van der Waals surface area contributed by atoms with Crippen LogP contribution in [0.1, 0.15) is 6.42 Å². The molecule has 2 fully saturated rings. The van der Waals surface area contributed by atoms with E-state index < -0.39 is 6.04 Å². The van der Waals surface area contributed by atoms with Gasteiger partial charge in [0, 0.05) is 0 Å². The number of rotatable bonds is 2. The molecule has 0 aliphatic carbocycles. The predicted molar refractivity (Wildman–Crippen MR) is 94.1 cm³/mol. The summed E-state index contributed by atoms with van der Waals surface area (Å²) in [5.41, 5.74) is 7.56. The van der Waals surface area contributed by atoms with Crippen LogP contribution in [0.15, 0.2) is 60.7 Å². The van der Waals surface area contributed by atoms with Crippen molar-refractivity contribution in [3.63, 3.8) is 0 Å². The number of hydrogen-bond donors (Lipinski definition) is 2. The molecule has 128 valence electrons. The first-order valence-electron chi connectivity index (χ1n) is 8.20. The Morgan fingerprint density at radius 2 is 1.28 bits per heavy atom. The van der Waals surface area contributed by atoms with Crippen molar-refractivity contribution >= 4 is 23.2 Å². The normalized spacial score (nSPS) is 21.2. The van der Waals surface area contributed by atoms with E-state index in [2.05, 4.69) is 10.9 Å². The highest BCUT2D eigenvalue weighted by atomic mass is 16.2. The van der Waals surface area contributed by atoms with Crippen molar-refractivity contribution in [1.29, 1.82) is 0 Å². The molecule has 2 aromatic rings. The van der Waals surface area contributed by atoms with Gasteiger partial charge in [-0.25, -0.2) is 0 Å². The summed E-state index contributed by atoms with van der Waals surface area (Å²) in [6.07, 6.45) is 0.137. The lowest BCUT2D eigenvalue weighted by atomic mass is 10.1. The Bertz CT molecular complexity index is 768. The van der Waals surface area contributed by atoms with Gasteiger partial charge in [-0.2, -0.15) is 0 Å². The van der Waals surface area contributed by atoms with Crippen LogP contribution in [0.4, 0.5) is 11.4 Å². The van der Waals surface area contributed by atoms with Gasteiger partial charge >= 0.3 is 0 Å². The quantitative estimate of drug-likeness (QED) is 0.858. The number of anilines is 2. The van der Waals surface area contributed by atoms with Crippen LogP contribution in [0.3, 0.4) is 0 Å². The van der Waals surface area contributed by atoms with Gasteiger partial charge in [-0.15, -0.1) is 0 Å². The SMILES string of the molecule is O=C1CC2C(=O)NN(c3ccccc3)CN2CN(c2ccccc2)N1. The van der Waals surface area contributed by atoms with E-state index in [4.69, 9.17) is 0 Å². The minimum atomic E-state index is -0.478. The Labute approximate surface area is 145 Å². The Hall–Kier alpha value is -3.06. The van der Waals surface area contributed by atoms with Crippen molar-refractivity contribution < 1.29 is 9.59 Å². The highest BCUT2D eigenvalue weighted by Gasteiger charge is 2.38. The standard InChI is InChI=1S/C18H19N5O2/c24-17-11-16-18(25)20-23(15-9-5-2-6-10-15)13-21(16)12-22(19-17)14-7-3-1-4-8-14/h1-10,16H,11-13H2,(H,19,24)(H,20,25). The molecule has 25 heavy (non-hydrogen) atoms. The number of nitrogens with zero attached hydrogens (tertiary/aromatic N) is 3. The summed E-state index contributed by atoms with van der Waals surface area (Å²) in [6, 6.07) is 18.8. The molecule has 7 heteroatoms. The third-order valence-electron chi connectivity index (χ3n) is 4.41. The first kappa shape index (κ1) is 15.5. The Morgan fingerprint density at radius 3 is 1.84 bits per heavy atom. The Kier molecular flexibility index (Phi) is 3.99. The molecule has 1 atom stereocenters. The smallest absolute Gasteiger partial charge is 0.256 e. The molecule has 0 bridgehead atoms. The van der Waals surface area contributed by atoms with Gasteiger partial charge in [0.2, 0.25) is 5.91 Å². The Balaban J connectivity index is 1.60. The van der Waals surface area contributed by atoms with Gasteiger partial charge in [-0.1, -0.05) is 36.4 Å². The lowest BCUT2D eigenvalue weighted by Crippen LogP contribution is -2.64. The molecule has 2 aliphatic heterocycles. The number of carbonyl (C=O) groups is 2. The highest BCUT2D eigenvalue weighted by molar-refractivity contribution is 5.91. The second-order valence-corrected chi connectivity index (χ2v) is 6.13. The zero-order chi connectivity index (χ0) is 17.2. The molecular weight excluding hydrogens is 318 g/mol. The minimum Gasteiger partial charge on any atom is -0.273 e. The lowest BCUT2D eigenvalue weighted by molar-refractivity contribution is -0.132. The average molecular weight is 337 g/mol. The van der Waals surface area contributed by atoms with Crippen LogP contribution in [0.25, 0.3) is 0 Å². The van der Waals surface area contributed by atoms with Crippen LogP contribution < -0.4 is 20.9 Å². The first-order valence-corrected chi connectivity index (χ1v) is 8.20. The number of benzene rings is 2. The largest absolute Gasteiger partial charge is 0.273 e. The van der Waals surface area contributed by atoms with Gasteiger partial charge in [0.05, 0.1) is 31.1 Å². The van der Waals surface area contributed by atoms with Gasteiger partial charge in [-0.3, -0.25) is 35.4 Å². The number of para-hydroxylation sites is 2. The van der Waals surface area contributed by atoms with E-state index in [1.165, 1.54) is 0 Å². The van der Waals surface area contributed by atoms with E-state index >= 15 is 0 Å². The van der Waals surface area contributed by atoms with E-state index in [1.54, 1.807) is 10.0 Å². The van der Waals surface area contributed by atoms with Crippen molar-refractivity contribution in [3.8, 4) is 0 Å². The summed E-state index contributed by atoms with van der Waals surface area (Å²) in [5.74, 6) is -0.333. The zero-order valence-corrected chi connectivity index (χ0v) is 13.6. The molecule has 0 saturated carbocycles. The van der Waals surface area contributed by atoms with Crippen LogP contribution in [0.5, 0.6) is 0 Å². The topological polar surface area (TPSA) is 67.9 Å². The molecule has 2 saturated heterocycles. The van der Waals surface area contributed by atoms with E-state index in [9.17, 15) is 9.59 Å². The molecular formula is C18H19N5O2. The van der Waals surface area contributed by atoms with Crippen LogP contribution >= 0.6 is 0 Å². The predicted octanol–water partition coefficient (Wildman–Crippen LogP) is 1.06. The van der Waals surface area contributed by atoms with E-state index in [-0.39, 0.29) is 18.2 Å². The summed E-state index contributed by atoms with van der Waals surface area (Å²) in [5, 5.41) is 3.59. The molecule has 2 N–H and O–H groups in total. The number of nitrogens with one attached hydrogen (secondary N) is 2. The second kappa shape index (κ2) is 6.45. The third kappa shape index (κ3) is 3.14. The average Bonchev–Trinajstić information content (AvgIpc) is 2.82. The summed E-state index contributed by atoms with van der Waals surface area (Å²) < 4.78 is 0. The molecule has 2 amide bonds. The number of hydrogen-bond acceptors (Lipinski definition) is 5. The number of hydrazine groups is 2. The van der Waals surface area contributed by atoms with Gasteiger partial charge in [-0.05, 0) is 24.3 Å². The maximum Gasteiger partial charge on any atom is 0.256 e. The summed E-state index contributed by atoms with van der Waals surface area (Å²) in [7, 11) is 0. The fraction of sp³-hybridized carbons (Fsp3) is 0.222. The van der Waals surface area contributed by atoms with Gasteiger partial charge in [0.15, 0.2) is 0 Å². The van der Waals surface area contributed by atoms with Crippen molar-refractivity contribution in [2.45, 2.75) is 12.5 Å². The Morgan fingerprint density at radius 1 is 0.760 bits per heavy atom. The molecule has 0 spiro atoms. The number of amides is 2. The minimum absolute atomic E-state index is 0.137. The summed E-state index contributed by atoms with van der Waals surface area (Å²) >= 11 is 0. The van der Waals surface area contributed by atoms with Crippen molar-refractivity contribution in [2.75, 3.05) is 23.4 Å². The number of fused-ring (bicyclic) bond motifs is 1. The van der Waals surface area contributed by atoms with Crippen LogP contribution in [0, 0.1) is 0 Å². The number of carbonyl (C=O) groups excluding carboxylic acids is 2. The van der Waals surface area contributed by atoms with E-state index in [0.29, 0.717) is 13.3 Å². The molecule has 2 aliphatic rings. The van der Waals surface area contributed by atoms with E-state index in [1.807, 2.05) is 65.6 Å². The molecule has 4 rings (SSSR count). The van der Waals surface area contributed by atoms with Gasteiger partial charge in [0.1, 0.15) is 6.04 Å². The maximum absolute atomic E-state index is 12.6. The van der Waals surface area contributed by atoms with E-state index in [0.717, 1.165) is 11.4 Å². The fourth-order valence-corrected chi connectivity index (χ4v) is 3.15. The first-order chi connectivity index (χ1) is 12.2. The monoisotopic (exact) mass is 337 g/mol. The molecule has 0 radical (unpaired) electrons.